The predicted octanol–water partition coefficient (Wildman–Crippen LogP) is 7.74. The summed E-state index contributed by atoms with van der Waals surface area (Å²) in [5.41, 5.74) is 5.31. The van der Waals surface area contributed by atoms with Gasteiger partial charge in [0.1, 0.15) is 18.1 Å². The zero-order chi connectivity index (χ0) is 35.3. The molecular weight excluding hydrogens is 642 g/mol. The number of hydrogen-bond acceptors (Lipinski definition) is 8. The molecule has 0 aromatic heterocycles. The van der Waals surface area contributed by atoms with Crippen LogP contribution in [0.3, 0.4) is 0 Å². The van der Waals surface area contributed by atoms with Crippen molar-refractivity contribution in [3.8, 4) is 17.6 Å². The minimum atomic E-state index is -0.332. The van der Waals surface area contributed by atoms with Gasteiger partial charge in [-0.2, -0.15) is 5.26 Å². The first-order valence-corrected chi connectivity index (χ1v) is 17.8. The molecule has 51 heavy (non-hydrogen) atoms. The van der Waals surface area contributed by atoms with Crippen LogP contribution >= 0.6 is 0 Å². The van der Waals surface area contributed by atoms with Gasteiger partial charge in [-0.3, -0.25) is 0 Å². The van der Waals surface area contributed by atoms with E-state index in [1.165, 1.54) is 0 Å². The molecule has 4 aromatic carbocycles. The molecule has 0 N–H and O–H groups in total. The van der Waals surface area contributed by atoms with E-state index in [2.05, 4.69) is 35.2 Å². The van der Waals surface area contributed by atoms with E-state index in [4.69, 9.17) is 23.7 Å². The van der Waals surface area contributed by atoms with Crippen LogP contribution in [0.25, 0.3) is 0 Å². The number of ether oxygens (including phenoxy) is 5. The molecular formula is C42H47N3O6. The van der Waals surface area contributed by atoms with Crippen LogP contribution in [-0.2, 0) is 34.0 Å². The minimum Gasteiger partial charge on any atom is -0.496 e. The minimum absolute atomic E-state index is 0.0432. The maximum atomic E-state index is 13.2. The molecule has 2 heterocycles. The van der Waals surface area contributed by atoms with Crippen LogP contribution in [-0.4, -0.2) is 63.6 Å². The van der Waals surface area contributed by atoms with Crippen molar-refractivity contribution < 1.29 is 28.5 Å². The predicted molar refractivity (Wildman–Crippen MR) is 196 cm³/mol. The Balaban J connectivity index is 1.06. The smallest absolute Gasteiger partial charge is 0.410 e. The van der Waals surface area contributed by atoms with Gasteiger partial charge in [0, 0.05) is 48.8 Å². The Labute approximate surface area is 301 Å². The van der Waals surface area contributed by atoms with E-state index in [1.54, 1.807) is 12.0 Å². The summed E-state index contributed by atoms with van der Waals surface area (Å²) in [5.74, 6) is 1.76. The summed E-state index contributed by atoms with van der Waals surface area (Å²) in [4.78, 5) is 17.3. The van der Waals surface area contributed by atoms with Crippen molar-refractivity contribution in [2.45, 2.75) is 51.1 Å². The molecule has 0 bridgehead atoms. The zero-order valence-electron chi connectivity index (χ0n) is 29.3. The number of hydrogen-bond donors (Lipinski definition) is 0. The van der Waals surface area contributed by atoms with Gasteiger partial charge in [0.15, 0.2) is 0 Å². The van der Waals surface area contributed by atoms with Gasteiger partial charge >= 0.3 is 6.09 Å². The number of piperidine rings is 1. The molecule has 9 heteroatoms. The molecule has 3 unspecified atom stereocenters. The number of likely N-dealkylation sites (tertiary alicyclic amines) is 1. The first-order chi connectivity index (χ1) is 25.1. The first-order valence-electron chi connectivity index (χ1n) is 17.8. The average molecular weight is 690 g/mol. The molecule has 3 atom stereocenters. The fourth-order valence-electron chi connectivity index (χ4n) is 6.83. The number of methoxy groups -OCH3 is 1. The first kappa shape index (κ1) is 35.8. The van der Waals surface area contributed by atoms with E-state index in [1.807, 2.05) is 78.9 Å². The molecule has 266 valence electrons. The highest BCUT2D eigenvalue weighted by molar-refractivity contribution is 5.68. The number of carbonyl (C=O) groups is 1. The fourth-order valence-corrected chi connectivity index (χ4v) is 6.83. The highest BCUT2D eigenvalue weighted by Gasteiger charge is 2.34. The van der Waals surface area contributed by atoms with Crippen molar-refractivity contribution in [2.75, 3.05) is 51.4 Å². The lowest BCUT2D eigenvalue weighted by atomic mass is 9.87. The van der Waals surface area contributed by atoms with Crippen LogP contribution in [0.15, 0.2) is 103 Å². The maximum absolute atomic E-state index is 13.2. The van der Waals surface area contributed by atoms with Crippen molar-refractivity contribution in [1.29, 1.82) is 5.26 Å². The molecule has 2 aliphatic rings. The molecule has 0 aliphatic carbocycles. The topological polar surface area (TPSA) is 93.5 Å². The summed E-state index contributed by atoms with van der Waals surface area (Å²) in [6, 6.07) is 36.5. The van der Waals surface area contributed by atoms with Crippen LogP contribution in [0.2, 0.25) is 0 Å². The van der Waals surface area contributed by atoms with Crippen LogP contribution in [0, 0.1) is 17.2 Å². The highest BCUT2D eigenvalue weighted by Crippen LogP contribution is 2.34. The Morgan fingerprint density at radius 1 is 0.804 bits per heavy atom. The van der Waals surface area contributed by atoms with E-state index in [-0.39, 0.29) is 30.6 Å². The summed E-state index contributed by atoms with van der Waals surface area (Å²) >= 11 is 0. The van der Waals surface area contributed by atoms with Gasteiger partial charge in [-0.15, -0.1) is 0 Å². The van der Waals surface area contributed by atoms with Crippen molar-refractivity contribution >= 4 is 11.8 Å². The van der Waals surface area contributed by atoms with Crippen molar-refractivity contribution in [2.24, 2.45) is 5.92 Å². The lowest BCUT2D eigenvalue weighted by Gasteiger charge is -2.38. The molecule has 2 aliphatic heterocycles. The molecule has 1 amide bonds. The van der Waals surface area contributed by atoms with E-state index >= 15 is 0 Å². The summed E-state index contributed by atoms with van der Waals surface area (Å²) in [7, 11) is 1.67. The lowest BCUT2D eigenvalue weighted by Crippen LogP contribution is -2.47. The highest BCUT2D eigenvalue weighted by atomic mass is 16.6. The largest absolute Gasteiger partial charge is 0.496 e. The Bertz CT molecular complexity index is 1730. The Hall–Kier alpha value is -5.04. The summed E-state index contributed by atoms with van der Waals surface area (Å²) in [6.07, 6.45) is 1.80. The third kappa shape index (κ3) is 9.81. The molecule has 9 nitrogen and oxygen atoms in total. The van der Waals surface area contributed by atoms with Gasteiger partial charge in [0.05, 0.1) is 58.2 Å². The van der Waals surface area contributed by atoms with E-state index < -0.39 is 0 Å². The van der Waals surface area contributed by atoms with Gasteiger partial charge in [0.2, 0.25) is 0 Å². The van der Waals surface area contributed by atoms with Crippen LogP contribution in [0.1, 0.15) is 47.4 Å². The average Bonchev–Trinajstić information content (AvgIpc) is 3.68. The SMILES string of the molecule is COc1ccccc1COCCCOc1ccc(C2CCN(C(=O)OCc3ccccc3)CC2OCc2ccccc2N2CCC(C#N)C2)cc1. The molecule has 0 radical (unpaired) electrons. The van der Waals surface area contributed by atoms with E-state index in [0.29, 0.717) is 39.5 Å². The van der Waals surface area contributed by atoms with Crippen LogP contribution in [0.5, 0.6) is 11.5 Å². The standard InChI is InChI=1S/C42H47N3O6/c1-47-40-15-8-6-13-36(40)30-48-24-9-25-49-37-18-16-34(17-19-37)38-21-23-45(42(46)51-29-32-10-3-2-4-11-32)28-41(38)50-31-35-12-5-7-14-39(35)44-22-20-33(26-43)27-44/h2-8,10-19,33,38,41H,9,20-25,27-31H2,1H3. The van der Waals surface area contributed by atoms with Crippen molar-refractivity contribution in [3.63, 3.8) is 0 Å². The summed E-state index contributed by atoms with van der Waals surface area (Å²) < 4.78 is 29.7. The quantitative estimate of drug-likeness (QED) is 0.117. The molecule has 0 saturated carbocycles. The number of anilines is 1. The lowest BCUT2D eigenvalue weighted by molar-refractivity contribution is -0.0245. The summed E-state index contributed by atoms with van der Waals surface area (Å²) in [6.45, 7) is 4.84. The fraction of sp³-hybridized carbons (Fsp3) is 0.381. The zero-order valence-corrected chi connectivity index (χ0v) is 29.3. The normalized spacial score (nSPS) is 18.6. The van der Waals surface area contributed by atoms with Crippen LogP contribution < -0.4 is 14.4 Å². The number of nitrogens with zero attached hydrogens (tertiary/aromatic N) is 3. The van der Waals surface area contributed by atoms with E-state index in [0.717, 1.165) is 71.8 Å². The Morgan fingerprint density at radius 3 is 2.35 bits per heavy atom. The summed E-state index contributed by atoms with van der Waals surface area (Å²) in [5, 5.41) is 9.47. The second kappa shape index (κ2) is 18.3. The second-order valence-electron chi connectivity index (χ2n) is 13.1. The number of carbonyl (C=O) groups excluding carboxylic acids is 1. The Morgan fingerprint density at radius 2 is 1.57 bits per heavy atom. The number of amides is 1. The van der Waals surface area contributed by atoms with Gasteiger partial charge in [-0.05, 0) is 48.2 Å². The van der Waals surface area contributed by atoms with E-state index in [9.17, 15) is 10.1 Å². The third-order valence-electron chi connectivity index (χ3n) is 9.64. The van der Waals surface area contributed by atoms with Crippen LogP contribution in [0.4, 0.5) is 10.5 Å². The number of benzene rings is 4. The van der Waals surface area contributed by atoms with Gasteiger partial charge in [-0.1, -0.05) is 78.9 Å². The molecule has 4 aromatic rings. The van der Waals surface area contributed by atoms with Crippen molar-refractivity contribution in [1.82, 2.24) is 4.90 Å². The number of para-hydroxylation sites is 2. The van der Waals surface area contributed by atoms with Gasteiger partial charge in [-0.25, -0.2) is 4.79 Å². The Kier molecular flexibility index (Phi) is 12.8. The molecule has 6 rings (SSSR count). The molecule has 0 spiro atoms. The molecule has 2 fully saturated rings. The second-order valence-corrected chi connectivity index (χ2v) is 13.1. The number of rotatable bonds is 15. The van der Waals surface area contributed by atoms with Crippen molar-refractivity contribution in [3.05, 3.63) is 125 Å². The molecule has 2 saturated heterocycles. The third-order valence-corrected chi connectivity index (χ3v) is 9.64. The monoisotopic (exact) mass is 689 g/mol. The van der Waals surface area contributed by atoms with Gasteiger partial charge in [0.25, 0.3) is 0 Å². The number of nitriles is 1. The van der Waals surface area contributed by atoms with Gasteiger partial charge < -0.3 is 33.5 Å². The maximum Gasteiger partial charge on any atom is 0.410 e.